The quantitative estimate of drug-likeness (QED) is 0.204. The summed E-state index contributed by atoms with van der Waals surface area (Å²) in [6, 6.07) is 4.91. The number of nitrogens with zero attached hydrogens (tertiary/aromatic N) is 8. The first-order valence-electron chi connectivity index (χ1n) is 14.5. The van der Waals surface area contributed by atoms with E-state index in [4.69, 9.17) is 9.72 Å². The van der Waals surface area contributed by atoms with Crippen molar-refractivity contribution in [1.82, 2.24) is 49.8 Å². The number of halogens is 3. The molecule has 1 fully saturated rings. The molecule has 0 spiro atoms. The molecule has 1 aliphatic carbocycles. The maximum Gasteiger partial charge on any atom is 0.256 e. The Kier molecular flexibility index (Phi) is 8.22. The molecule has 5 aromatic rings. The van der Waals surface area contributed by atoms with E-state index in [0.717, 1.165) is 17.5 Å². The van der Waals surface area contributed by atoms with E-state index < -0.39 is 24.4 Å². The minimum atomic E-state index is -2.58. The molecule has 3 N–H and O–H groups in total. The number of anilines is 2. The SMILES string of the molecule is CO[C@]1(C(=O)N[C@@H](C)c2ccc(-n3cc(F)cn3)nc2)CC[C@H](c2nc(Nc3cc(C)[nH]n3)c3ncn(CC(F)F)c3n2)CC1. The number of imidazole rings is 1. The Morgan fingerprint density at radius 3 is 2.62 bits per heavy atom. The van der Waals surface area contributed by atoms with Crippen molar-refractivity contribution in [2.75, 3.05) is 12.4 Å². The minimum Gasteiger partial charge on any atom is -0.368 e. The van der Waals surface area contributed by atoms with E-state index in [2.05, 4.69) is 40.9 Å². The number of alkyl halides is 2. The molecule has 0 aliphatic heterocycles. The van der Waals surface area contributed by atoms with Crippen molar-refractivity contribution in [3.8, 4) is 5.82 Å². The van der Waals surface area contributed by atoms with Gasteiger partial charge in [-0.3, -0.25) is 9.89 Å². The van der Waals surface area contributed by atoms with E-state index in [1.54, 1.807) is 24.4 Å². The highest BCUT2D eigenvalue weighted by molar-refractivity contribution is 5.86. The number of carbonyl (C=O) groups excluding carboxylic acids is 1. The van der Waals surface area contributed by atoms with Crippen LogP contribution in [0, 0.1) is 12.7 Å². The maximum absolute atomic E-state index is 13.6. The number of aromatic amines is 1. The molecule has 236 valence electrons. The Morgan fingerprint density at radius 1 is 1.20 bits per heavy atom. The summed E-state index contributed by atoms with van der Waals surface area (Å²) < 4.78 is 48.4. The first kappa shape index (κ1) is 30.2. The Hall–Kier alpha value is -4.86. The predicted octanol–water partition coefficient (Wildman–Crippen LogP) is 4.51. The van der Waals surface area contributed by atoms with Crippen molar-refractivity contribution < 1.29 is 22.7 Å². The molecule has 1 aliphatic rings. The molecule has 1 amide bonds. The summed E-state index contributed by atoms with van der Waals surface area (Å²) in [5.41, 5.74) is 1.17. The van der Waals surface area contributed by atoms with Gasteiger partial charge in [-0.2, -0.15) is 10.2 Å². The molecule has 5 aromatic heterocycles. The van der Waals surface area contributed by atoms with Gasteiger partial charge in [0.1, 0.15) is 11.4 Å². The standard InChI is InChI=1S/C29H32F3N11O2/c1-16-10-22(41-40-16)37-26-24-27(42(15-34-24)14-21(31)32)39-25(38-26)18-6-8-29(45-3,9-7-18)28(44)36-17(2)19-4-5-23(33-11-19)43-13-20(30)12-35-43/h4-5,10-13,15,17-18,21H,6-9,14H2,1-3H3,(H,36,44)(H2,37,38,39,40,41)/t17-,18-,29+/m0/s1. The lowest BCUT2D eigenvalue weighted by Gasteiger charge is -2.38. The van der Waals surface area contributed by atoms with Gasteiger partial charge in [0.15, 0.2) is 34.4 Å². The van der Waals surface area contributed by atoms with Crippen LogP contribution in [0.4, 0.5) is 24.8 Å². The van der Waals surface area contributed by atoms with Gasteiger partial charge in [-0.05, 0) is 51.2 Å². The number of hydrogen-bond donors (Lipinski definition) is 3. The van der Waals surface area contributed by atoms with E-state index in [9.17, 15) is 18.0 Å². The van der Waals surface area contributed by atoms with Crippen molar-refractivity contribution in [3.05, 3.63) is 66.0 Å². The molecule has 45 heavy (non-hydrogen) atoms. The summed E-state index contributed by atoms with van der Waals surface area (Å²) in [6.07, 6.45) is 4.54. The van der Waals surface area contributed by atoms with Crippen LogP contribution in [0.1, 0.15) is 61.6 Å². The zero-order valence-electron chi connectivity index (χ0n) is 24.8. The van der Waals surface area contributed by atoms with E-state index in [1.807, 2.05) is 13.8 Å². The molecule has 16 heteroatoms. The van der Waals surface area contributed by atoms with Crippen molar-refractivity contribution >= 4 is 28.7 Å². The number of fused-ring (bicyclic) bond motifs is 1. The average Bonchev–Trinajstić information content (AvgIpc) is 3.77. The van der Waals surface area contributed by atoms with Crippen molar-refractivity contribution in [2.24, 2.45) is 0 Å². The van der Waals surface area contributed by atoms with E-state index in [0.29, 0.717) is 60.1 Å². The van der Waals surface area contributed by atoms with Gasteiger partial charge in [-0.15, -0.1) is 0 Å². The third kappa shape index (κ3) is 6.22. The van der Waals surface area contributed by atoms with Crippen molar-refractivity contribution in [2.45, 2.75) is 70.1 Å². The normalized spacial score (nSPS) is 19.2. The van der Waals surface area contributed by atoms with Gasteiger partial charge in [0.05, 0.1) is 31.3 Å². The number of amides is 1. The lowest BCUT2D eigenvalue weighted by atomic mass is 9.77. The van der Waals surface area contributed by atoms with E-state index in [-0.39, 0.29) is 17.9 Å². The van der Waals surface area contributed by atoms with Crippen LogP contribution in [0.3, 0.4) is 0 Å². The molecule has 5 heterocycles. The van der Waals surface area contributed by atoms with Gasteiger partial charge in [0.25, 0.3) is 12.3 Å². The monoisotopic (exact) mass is 623 g/mol. The largest absolute Gasteiger partial charge is 0.368 e. The molecule has 1 atom stereocenters. The van der Waals surface area contributed by atoms with Crippen LogP contribution in [0.25, 0.3) is 17.0 Å². The molecule has 1 saturated carbocycles. The van der Waals surface area contributed by atoms with Crippen LogP contribution >= 0.6 is 0 Å². The second kappa shape index (κ2) is 12.3. The smallest absolute Gasteiger partial charge is 0.256 e. The number of methoxy groups -OCH3 is 1. The van der Waals surface area contributed by atoms with Gasteiger partial charge < -0.3 is 19.9 Å². The zero-order valence-corrected chi connectivity index (χ0v) is 24.8. The number of H-pyrrole nitrogens is 1. The van der Waals surface area contributed by atoms with Crippen molar-refractivity contribution in [1.29, 1.82) is 0 Å². The number of ether oxygens (including phenoxy) is 1. The van der Waals surface area contributed by atoms with Crippen LogP contribution in [0.2, 0.25) is 0 Å². The third-order valence-corrected chi connectivity index (χ3v) is 8.14. The summed E-state index contributed by atoms with van der Waals surface area (Å²) in [7, 11) is 1.52. The highest BCUT2D eigenvalue weighted by Crippen LogP contribution is 2.40. The molecular weight excluding hydrogens is 591 g/mol. The Labute approximate surface area is 255 Å². The Bertz CT molecular complexity index is 1790. The fourth-order valence-electron chi connectivity index (χ4n) is 5.61. The Morgan fingerprint density at radius 2 is 2.00 bits per heavy atom. The number of aromatic nitrogens is 9. The van der Waals surface area contributed by atoms with Gasteiger partial charge >= 0.3 is 0 Å². The van der Waals surface area contributed by atoms with Crippen LogP contribution < -0.4 is 10.6 Å². The molecule has 0 saturated heterocycles. The van der Waals surface area contributed by atoms with Crippen LogP contribution in [0.5, 0.6) is 0 Å². The predicted molar refractivity (Wildman–Crippen MR) is 157 cm³/mol. The average molecular weight is 624 g/mol. The molecular formula is C29H32F3N11O2. The molecule has 0 aromatic carbocycles. The molecule has 6 rings (SSSR count). The molecule has 0 bridgehead atoms. The number of nitrogens with one attached hydrogen (secondary N) is 3. The molecule has 0 unspecified atom stereocenters. The lowest BCUT2D eigenvalue weighted by Crippen LogP contribution is -2.50. The number of pyridine rings is 1. The summed E-state index contributed by atoms with van der Waals surface area (Å²) in [5, 5.41) is 17.1. The van der Waals surface area contributed by atoms with Crippen molar-refractivity contribution in [3.63, 3.8) is 0 Å². The number of carbonyl (C=O) groups is 1. The highest BCUT2D eigenvalue weighted by Gasteiger charge is 2.43. The van der Waals surface area contributed by atoms with Crippen LogP contribution in [0.15, 0.2) is 43.1 Å². The number of aryl methyl sites for hydroxylation is 1. The first-order valence-corrected chi connectivity index (χ1v) is 14.5. The maximum atomic E-state index is 13.6. The number of hydrogen-bond acceptors (Lipinski definition) is 9. The number of rotatable bonds is 10. The van der Waals surface area contributed by atoms with Gasteiger partial charge in [0.2, 0.25) is 0 Å². The zero-order chi connectivity index (χ0) is 31.7. The third-order valence-electron chi connectivity index (χ3n) is 8.14. The Balaban J connectivity index is 1.17. The van der Waals surface area contributed by atoms with Gasteiger partial charge in [0, 0.05) is 31.0 Å². The first-order chi connectivity index (χ1) is 21.6. The van der Waals surface area contributed by atoms with Gasteiger partial charge in [-0.1, -0.05) is 6.07 Å². The molecule has 0 radical (unpaired) electrons. The molecule has 13 nitrogen and oxygen atoms in total. The lowest BCUT2D eigenvalue weighted by molar-refractivity contribution is -0.148. The topological polar surface area (TPSA) is 153 Å². The summed E-state index contributed by atoms with van der Waals surface area (Å²) in [6.45, 7) is 3.15. The minimum absolute atomic E-state index is 0.150. The highest BCUT2D eigenvalue weighted by atomic mass is 19.3. The second-order valence-electron chi connectivity index (χ2n) is 11.2. The summed E-state index contributed by atoms with van der Waals surface area (Å²) in [4.78, 5) is 31.6. The van der Waals surface area contributed by atoms with Crippen LogP contribution in [-0.2, 0) is 16.1 Å². The fourth-order valence-corrected chi connectivity index (χ4v) is 5.61. The van der Waals surface area contributed by atoms with E-state index in [1.165, 1.54) is 28.9 Å². The summed E-state index contributed by atoms with van der Waals surface area (Å²) >= 11 is 0. The van der Waals surface area contributed by atoms with Crippen LogP contribution in [-0.4, -0.2) is 69.5 Å². The van der Waals surface area contributed by atoms with E-state index >= 15 is 0 Å². The summed E-state index contributed by atoms with van der Waals surface area (Å²) in [5.74, 6) is 0.919. The van der Waals surface area contributed by atoms with Gasteiger partial charge in [-0.25, -0.2) is 37.8 Å². The fraction of sp³-hybridized carbons (Fsp3) is 0.414. The second-order valence-corrected chi connectivity index (χ2v) is 11.2.